The van der Waals surface area contributed by atoms with Gasteiger partial charge in [0.2, 0.25) is 0 Å². The molecule has 0 bridgehead atoms. The number of benzene rings is 2. The molecule has 2 aromatic rings. The quantitative estimate of drug-likeness (QED) is 0.673. The third kappa shape index (κ3) is 3.21. The highest BCUT2D eigenvalue weighted by molar-refractivity contribution is 6.43. The van der Waals surface area contributed by atoms with Crippen molar-refractivity contribution in [2.24, 2.45) is 0 Å². The molecule has 2 nitrogen and oxygen atoms in total. The van der Waals surface area contributed by atoms with E-state index in [1.807, 2.05) is 0 Å². The van der Waals surface area contributed by atoms with Crippen molar-refractivity contribution in [1.29, 1.82) is 0 Å². The van der Waals surface area contributed by atoms with Gasteiger partial charge in [-0.2, -0.15) is 0 Å². The van der Waals surface area contributed by atoms with Gasteiger partial charge < -0.3 is 9.47 Å². The van der Waals surface area contributed by atoms with E-state index in [2.05, 4.69) is 0 Å². The van der Waals surface area contributed by atoms with Gasteiger partial charge in [0.15, 0.2) is 11.5 Å². The Hall–Kier alpha value is -0.800. The van der Waals surface area contributed by atoms with Crippen molar-refractivity contribution in [3.63, 3.8) is 0 Å². The van der Waals surface area contributed by atoms with Gasteiger partial charge in [0, 0.05) is 5.02 Å². The van der Waals surface area contributed by atoms with Crippen molar-refractivity contribution in [2.75, 3.05) is 7.11 Å². The van der Waals surface area contributed by atoms with Crippen LogP contribution in [-0.2, 0) is 0 Å². The molecule has 0 aliphatic carbocycles. The van der Waals surface area contributed by atoms with Gasteiger partial charge in [-0.3, -0.25) is 0 Å². The van der Waals surface area contributed by atoms with Crippen molar-refractivity contribution >= 4 is 46.4 Å². The molecular formula is C13H8Cl4O2. The van der Waals surface area contributed by atoms with Crippen LogP contribution in [0.1, 0.15) is 0 Å². The lowest BCUT2D eigenvalue weighted by atomic mass is 10.3. The van der Waals surface area contributed by atoms with Gasteiger partial charge in [0.1, 0.15) is 10.8 Å². The Balaban J connectivity index is 2.41. The number of halogens is 4. The van der Waals surface area contributed by atoms with Crippen LogP contribution in [0.2, 0.25) is 20.1 Å². The summed E-state index contributed by atoms with van der Waals surface area (Å²) in [5.74, 6) is 1.21. The molecule has 100 valence electrons. The summed E-state index contributed by atoms with van der Waals surface area (Å²) in [6, 6.07) is 8.19. The van der Waals surface area contributed by atoms with E-state index in [0.29, 0.717) is 32.3 Å². The summed E-state index contributed by atoms with van der Waals surface area (Å²) in [6.07, 6.45) is 0. The smallest absolute Gasteiger partial charge is 0.181 e. The molecule has 0 amide bonds. The lowest BCUT2D eigenvalue weighted by Crippen LogP contribution is -1.92. The molecule has 6 heteroatoms. The van der Waals surface area contributed by atoms with Gasteiger partial charge in [-0.05, 0) is 30.3 Å². The van der Waals surface area contributed by atoms with Crippen LogP contribution >= 0.6 is 46.4 Å². The fourth-order valence-corrected chi connectivity index (χ4v) is 2.29. The van der Waals surface area contributed by atoms with Gasteiger partial charge in [-0.25, -0.2) is 0 Å². The molecule has 19 heavy (non-hydrogen) atoms. The fraction of sp³-hybridized carbons (Fsp3) is 0.0769. The molecule has 0 atom stereocenters. The maximum absolute atomic E-state index is 6.04. The first kappa shape index (κ1) is 14.6. The van der Waals surface area contributed by atoms with Crippen molar-refractivity contribution in [1.82, 2.24) is 0 Å². The molecule has 0 aromatic heterocycles. The van der Waals surface area contributed by atoms with Crippen LogP contribution in [0.3, 0.4) is 0 Å². The largest absolute Gasteiger partial charge is 0.491 e. The monoisotopic (exact) mass is 336 g/mol. The van der Waals surface area contributed by atoms with Crippen molar-refractivity contribution in [2.45, 2.75) is 0 Å². The molecule has 0 spiro atoms. The molecule has 0 unspecified atom stereocenters. The number of ether oxygens (including phenoxy) is 2. The Bertz CT molecular complexity index is 614. The topological polar surface area (TPSA) is 18.5 Å². The third-order valence-corrected chi connectivity index (χ3v) is 3.65. The minimum atomic E-state index is 0.284. The maximum Gasteiger partial charge on any atom is 0.181 e. The highest BCUT2D eigenvalue weighted by Gasteiger charge is 2.14. The summed E-state index contributed by atoms with van der Waals surface area (Å²) in [7, 11) is 1.48. The standard InChI is InChI=1S/C13H8Cl4O2/c1-18-13-11(5-3-8(15)12(13)17)19-10-4-2-7(14)6-9(10)16/h2-6H,1H3. The molecular weight excluding hydrogens is 330 g/mol. The summed E-state index contributed by atoms with van der Waals surface area (Å²) in [4.78, 5) is 0. The minimum Gasteiger partial charge on any atom is -0.491 e. The van der Waals surface area contributed by atoms with E-state index in [-0.39, 0.29) is 5.02 Å². The van der Waals surface area contributed by atoms with E-state index >= 15 is 0 Å². The second-order valence-corrected chi connectivity index (χ2v) is 5.20. The molecule has 0 aliphatic heterocycles. The molecule has 0 N–H and O–H groups in total. The molecule has 2 aromatic carbocycles. The number of methoxy groups -OCH3 is 1. The summed E-state index contributed by atoms with van der Waals surface area (Å²) in [6.45, 7) is 0. The van der Waals surface area contributed by atoms with Crippen LogP contribution in [0.15, 0.2) is 30.3 Å². The number of hydrogen-bond acceptors (Lipinski definition) is 2. The minimum absolute atomic E-state index is 0.284. The van der Waals surface area contributed by atoms with Crippen molar-refractivity contribution < 1.29 is 9.47 Å². The molecule has 0 aliphatic rings. The second-order valence-electron chi connectivity index (χ2n) is 3.57. The van der Waals surface area contributed by atoms with Crippen LogP contribution in [0.4, 0.5) is 0 Å². The lowest BCUT2D eigenvalue weighted by molar-refractivity contribution is 0.379. The highest BCUT2D eigenvalue weighted by Crippen LogP contribution is 2.42. The normalized spacial score (nSPS) is 10.4. The third-order valence-electron chi connectivity index (χ3n) is 2.33. The van der Waals surface area contributed by atoms with Gasteiger partial charge in [0.05, 0.1) is 17.2 Å². The van der Waals surface area contributed by atoms with E-state index in [1.54, 1.807) is 30.3 Å². The first-order valence-corrected chi connectivity index (χ1v) is 6.69. The van der Waals surface area contributed by atoms with E-state index in [1.165, 1.54) is 7.11 Å². The van der Waals surface area contributed by atoms with Crippen LogP contribution in [0.25, 0.3) is 0 Å². The molecule has 0 heterocycles. The van der Waals surface area contributed by atoms with E-state index in [4.69, 9.17) is 55.9 Å². The predicted molar refractivity (Wildman–Crippen MR) is 79.6 cm³/mol. The second kappa shape index (κ2) is 6.10. The Morgan fingerprint density at radius 3 is 2.16 bits per heavy atom. The summed E-state index contributed by atoms with van der Waals surface area (Å²) >= 11 is 23.8. The highest BCUT2D eigenvalue weighted by atomic mass is 35.5. The van der Waals surface area contributed by atoms with Gasteiger partial charge >= 0.3 is 0 Å². The fourth-order valence-electron chi connectivity index (χ4n) is 1.46. The first-order chi connectivity index (χ1) is 9.02. The molecule has 0 radical (unpaired) electrons. The number of rotatable bonds is 3. The Morgan fingerprint density at radius 2 is 1.53 bits per heavy atom. The van der Waals surface area contributed by atoms with E-state index in [0.717, 1.165) is 0 Å². The van der Waals surface area contributed by atoms with Crippen LogP contribution < -0.4 is 9.47 Å². The lowest BCUT2D eigenvalue weighted by Gasteiger charge is -2.13. The Labute approximate surface area is 130 Å². The van der Waals surface area contributed by atoms with Crippen LogP contribution in [0, 0.1) is 0 Å². The zero-order chi connectivity index (χ0) is 14.0. The van der Waals surface area contributed by atoms with Crippen molar-refractivity contribution in [3.05, 3.63) is 50.4 Å². The Morgan fingerprint density at radius 1 is 0.842 bits per heavy atom. The molecule has 0 saturated carbocycles. The average molecular weight is 338 g/mol. The Kier molecular flexibility index (Phi) is 4.69. The zero-order valence-corrected chi connectivity index (χ0v) is 12.7. The van der Waals surface area contributed by atoms with E-state index < -0.39 is 0 Å². The summed E-state index contributed by atoms with van der Waals surface area (Å²) in [5.41, 5.74) is 0. The van der Waals surface area contributed by atoms with Crippen LogP contribution in [-0.4, -0.2) is 7.11 Å². The van der Waals surface area contributed by atoms with Crippen molar-refractivity contribution in [3.8, 4) is 17.2 Å². The number of hydrogen-bond donors (Lipinski definition) is 0. The van der Waals surface area contributed by atoms with Gasteiger partial charge in [0.25, 0.3) is 0 Å². The molecule has 2 rings (SSSR count). The zero-order valence-electron chi connectivity index (χ0n) is 9.72. The summed E-state index contributed by atoms with van der Waals surface area (Å²) in [5, 5.41) is 1.58. The first-order valence-electron chi connectivity index (χ1n) is 5.18. The predicted octanol–water partition coefficient (Wildman–Crippen LogP) is 6.10. The summed E-state index contributed by atoms with van der Waals surface area (Å²) < 4.78 is 10.8. The molecule has 0 saturated heterocycles. The van der Waals surface area contributed by atoms with Gasteiger partial charge in [-0.1, -0.05) is 46.4 Å². The van der Waals surface area contributed by atoms with Crippen LogP contribution in [0.5, 0.6) is 17.2 Å². The maximum atomic E-state index is 6.04. The van der Waals surface area contributed by atoms with E-state index in [9.17, 15) is 0 Å². The molecule has 0 fully saturated rings. The SMILES string of the molecule is COc1c(Oc2ccc(Cl)cc2Cl)ccc(Cl)c1Cl. The average Bonchev–Trinajstić information content (AvgIpc) is 2.37. The van der Waals surface area contributed by atoms with Gasteiger partial charge in [-0.15, -0.1) is 0 Å².